The summed E-state index contributed by atoms with van der Waals surface area (Å²) in [6.45, 7) is 2.08. The molecule has 1 nitrogen and oxygen atoms in total. The number of halogens is 1. The molecular formula is C43H34FNSi. The third kappa shape index (κ3) is 5.58. The average Bonchev–Trinajstić information content (AvgIpc) is 3.12. The lowest BCUT2D eigenvalue weighted by Crippen LogP contribution is -2.74. The second kappa shape index (κ2) is 12.8. The van der Waals surface area contributed by atoms with Gasteiger partial charge in [0.1, 0.15) is 5.82 Å². The maximum Gasteiger partial charge on any atom is 0.179 e. The lowest BCUT2D eigenvalue weighted by atomic mass is 10.0. The van der Waals surface area contributed by atoms with E-state index >= 15 is 0 Å². The molecule has 0 aliphatic carbocycles. The molecule has 0 bridgehead atoms. The Balaban J connectivity index is 1.29. The van der Waals surface area contributed by atoms with Crippen molar-refractivity contribution in [2.75, 3.05) is 4.90 Å². The Morgan fingerprint density at radius 1 is 0.370 bits per heavy atom. The molecule has 7 aromatic rings. The van der Waals surface area contributed by atoms with Crippen LogP contribution >= 0.6 is 0 Å². The summed E-state index contributed by atoms with van der Waals surface area (Å²) in [5.74, 6) is -0.245. The van der Waals surface area contributed by atoms with Crippen molar-refractivity contribution in [1.82, 2.24) is 0 Å². The highest BCUT2D eigenvalue weighted by Gasteiger charge is 2.41. The Morgan fingerprint density at radius 3 is 1.11 bits per heavy atom. The summed E-state index contributed by atoms with van der Waals surface area (Å²) in [6.07, 6.45) is 0. The van der Waals surface area contributed by atoms with Crippen LogP contribution in [0.1, 0.15) is 5.56 Å². The van der Waals surface area contributed by atoms with Gasteiger partial charge < -0.3 is 4.90 Å². The fourth-order valence-electron chi connectivity index (χ4n) is 6.51. The van der Waals surface area contributed by atoms with E-state index in [4.69, 9.17) is 0 Å². The van der Waals surface area contributed by atoms with E-state index in [1.165, 1.54) is 38.4 Å². The van der Waals surface area contributed by atoms with Gasteiger partial charge in [0.25, 0.3) is 0 Å². The molecule has 0 aliphatic heterocycles. The smallest absolute Gasteiger partial charge is 0.179 e. The van der Waals surface area contributed by atoms with Crippen LogP contribution < -0.4 is 25.6 Å². The first-order valence-corrected chi connectivity index (χ1v) is 17.6. The molecule has 0 aromatic heterocycles. The number of hydrogen-bond donors (Lipinski definition) is 0. The minimum absolute atomic E-state index is 0.245. The molecule has 46 heavy (non-hydrogen) atoms. The predicted molar refractivity (Wildman–Crippen MR) is 195 cm³/mol. The Hall–Kier alpha value is -5.51. The molecule has 0 radical (unpaired) electrons. The molecule has 0 N–H and O–H groups in total. The molecule has 0 atom stereocenters. The standard InChI is InChI=1S/C43H34FNSi/c1-33-17-25-37(26-18-33)45(39-29-23-36(44)24-30-39)38-27-19-34(20-28-38)35-21-31-43(32-22-35)46(40-11-5-2-6-12-40,41-13-7-3-8-14-41)42-15-9-4-10-16-42/h2-32H,1H3. The zero-order valence-electron chi connectivity index (χ0n) is 25.7. The van der Waals surface area contributed by atoms with Gasteiger partial charge in [0.2, 0.25) is 0 Å². The highest BCUT2D eigenvalue weighted by molar-refractivity contribution is 7.19. The van der Waals surface area contributed by atoms with E-state index in [0.29, 0.717) is 0 Å². The average molecular weight is 612 g/mol. The highest BCUT2D eigenvalue weighted by Crippen LogP contribution is 2.35. The number of anilines is 3. The zero-order chi connectivity index (χ0) is 31.3. The van der Waals surface area contributed by atoms with Crippen molar-refractivity contribution in [3.05, 3.63) is 199 Å². The number of benzene rings is 7. The van der Waals surface area contributed by atoms with Crippen LogP contribution in [-0.2, 0) is 0 Å². The maximum absolute atomic E-state index is 13.8. The lowest BCUT2D eigenvalue weighted by molar-refractivity contribution is 0.628. The molecule has 0 saturated heterocycles. The quantitative estimate of drug-likeness (QED) is 0.123. The largest absolute Gasteiger partial charge is 0.311 e. The van der Waals surface area contributed by atoms with Gasteiger partial charge in [0.05, 0.1) is 0 Å². The van der Waals surface area contributed by atoms with Gasteiger partial charge in [-0.1, -0.05) is 145 Å². The summed E-state index contributed by atoms with van der Waals surface area (Å²) in [6, 6.07) is 65.9. The second-order valence-corrected chi connectivity index (χ2v) is 15.4. The van der Waals surface area contributed by atoms with E-state index in [2.05, 4.69) is 176 Å². The summed E-state index contributed by atoms with van der Waals surface area (Å²) >= 11 is 0. The van der Waals surface area contributed by atoms with Crippen LogP contribution in [0.2, 0.25) is 0 Å². The van der Waals surface area contributed by atoms with Crippen LogP contribution in [0.5, 0.6) is 0 Å². The summed E-state index contributed by atoms with van der Waals surface area (Å²) in [5, 5.41) is 5.43. The van der Waals surface area contributed by atoms with Gasteiger partial charge in [-0.3, -0.25) is 0 Å². The minimum atomic E-state index is -2.56. The number of rotatable bonds is 8. The molecule has 0 heterocycles. The first-order chi connectivity index (χ1) is 22.6. The van der Waals surface area contributed by atoms with Crippen LogP contribution in [0.3, 0.4) is 0 Å². The van der Waals surface area contributed by atoms with Crippen LogP contribution in [-0.4, -0.2) is 8.07 Å². The molecule has 0 aliphatic rings. The van der Waals surface area contributed by atoms with Crippen molar-refractivity contribution in [3.8, 4) is 11.1 Å². The van der Waals surface area contributed by atoms with Gasteiger partial charge in [-0.15, -0.1) is 0 Å². The van der Waals surface area contributed by atoms with Crippen molar-refractivity contribution in [2.45, 2.75) is 6.92 Å². The summed E-state index contributed by atoms with van der Waals surface area (Å²) in [4.78, 5) is 2.16. The third-order valence-corrected chi connectivity index (χ3v) is 13.6. The van der Waals surface area contributed by atoms with Crippen LogP contribution in [0.25, 0.3) is 11.1 Å². The van der Waals surface area contributed by atoms with E-state index in [0.717, 1.165) is 28.2 Å². The lowest BCUT2D eigenvalue weighted by Gasteiger charge is -2.34. The van der Waals surface area contributed by atoms with Crippen LogP contribution in [0.4, 0.5) is 21.5 Å². The van der Waals surface area contributed by atoms with E-state index in [1.807, 2.05) is 12.1 Å². The van der Waals surface area contributed by atoms with Crippen LogP contribution in [0.15, 0.2) is 188 Å². The predicted octanol–water partition coefficient (Wildman–Crippen LogP) is 8.65. The Morgan fingerprint density at radius 2 is 0.696 bits per heavy atom. The van der Waals surface area contributed by atoms with E-state index in [-0.39, 0.29) is 5.82 Å². The van der Waals surface area contributed by atoms with E-state index in [9.17, 15) is 4.39 Å². The Labute approximate surface area is 271 Å². The van der Waals surface area contributed by atoms with Crippen molar-refractivity contribution in [3.63, 3.8) is 0 Å². The molecule has 0 fully saturated rings. The minimum Gasteiger partial charge on any atom is -0.311 e. The Bertz CT molecular complexity index is 1860. The molecule has 222 valence electrons. The zero-order valence-corrected chi connectivity index (χ0v) is 26.7. The second-order valence-electron chi connectivity index (χ2n) is 11.6. The van der Waals surface area contributed by atoms with Crippen LogP contribution in [0, 0.1) is 12.7 Å². The fraction of sp³-hybridized carbons (Fsp3) is 0.0233. The molecule has 7 rings (SSSR count). The van der Waals surface area contributed by atoms with Crippen molar-refractivity contribution in [1.29, 1.82) is 0 Å². The summed E-state index contributed by atoms with van der Waals surface area (Å²) in [7, 11) is -2.56. The molecule has 7 aromatic carbocycles. The molecule has 3 heteroatoms. The van der Waals surface area contributed by atoms with Gasteiger partial charge in [-0.05, 0) is 87.3 Å². The van der Waals surface area contributed by atoms with Gasteiger partial charge in [-0.2, -0.15) is 0 Å². The number of hydrogen-bond acceptors (Lipinski definition) is 1. The molecule has 0 saturated carbocycles. The van der Waals surface area contributed by atoms with Crippen molar-refractivity contribution < 1.29 is 4.39 Å². The van der Waals surface area contributed by atoms with Gasteiger partial charge >= 0.3 is 0 Å². The van der Waals surface area contributed by atoms with Gasteiger partial charge in [0, 0.05) is 17.1 Å². The first-order valence-electron chi connectivity index (χ1n) is 15.6. The van der Waals surface area contributed by atoms with Gasteiger partial charge in [-0.25, -0.2) is 4.39 Å². The van der Waals surface area contributed by atoms with Crippen molar-refractivity contribution >= 4 is 45.9 Å². The monoisotopic (exact) mass is 611 g/mol. The fourth-order valence-corrected chi connectivity index (χ4v) is 11.3. The topological polar surface area (TPSA) is 3.24 Å². The summed E-state index contributed by atoms with van der Waals surface area (Å²) in [5.41, 5.74) is 6.45. The Kier molecular flexibility index (Phi) is 8.16. The normalized spacial score (nSPS) is 11.3. The van der Waals surface area contributed by atoms with Crippen molar-refractivity contribution in [2.24, 2.45) is 0 Å². The molecule has 0 spiro atoms. The maximum atomic E-state index is 13.8. The number of nitrogens with zero attached hydrogens (tertiary/aromatic N) is 1. The molecule has 0 unspecified atom stereocenters. The molecular weight excluding hydrogens is 578 g/mol. The first kappa shape index (κ1) is 29.2. The number of aryl methyl sites for hydroxylation is 1. The summed E-state index contributed by atoms with van der Waals surface area (Å²) < 4.78 is 13.8. The van der Waals surface area contributed by atoms with E-state index in [1.54, 1.807) is 0 Å². The van der Waals surface area contributed by atoms with E-state index < -0.39 is 8.07 Å². The SMILES string of the molecule is Cc1ccc(N(c2ccc(F)cc2)c2ccc(-c3ccc([Si](c4ccccc4)(c4ccccc4)c4ccccc4)cc3)cc2)cc1. The third-order valence-electron chi connectivity index (χ3n) is 8.77. The highest BCUT2D eigenvalue weighted by atomic mass is 28.3. The van der Waals surface area contributed by atoms with Gasteiger partial charge in [0.15, 0.2) is 8.07 Å². The molecule has 0 amide bonds.